The molecule has 0 aliphatic rings. The van der Waals surface area contributed by atoms with Gasteiger partial charge in [0.1, 0.15) is 12.4 Å². The van der Waals surface area contributed by atoms with Crippen LogP contribution in [-0.4, -0.2) is 16.1 Å². The summed E-state index contributed by atoms with van der Waals surface area (Å²) in [4.78, 5) is 15.3. The van der Waals surface area contributed by atoms with Crippen LogP contribution in [0.25, 0.3) is 0 Å². The van der Waals surface area contributed by atoms with Gasteiger partial charge in [-0.25, -0.2) is 4.79 Å². The third-order valence-corrected chi connectivity index (χ3v) is 2.73. The molecule has 0 aliphatic heterocycles. The van der Waals surface area contributed by atoms with E-state index in [2.05, 4.69) is 4.98 Å². The summed E-state index contributed by atoms with van der Waals surface area (Å²) in [6.07, 6.45) is 2.10. The highest BCUT2D eigenvalue weighted by molar-refractivity contribution is 5.86. The summed E-state index contributed by atoms with van der Waals surface area (Å²) in [6.45, 7) is 4.06. The Morgan fingerprint density at radius 1 is 1.42 bits per heavy atom. The summed E-state index contributed by atoms with van der Waals surface area (Å²) in [5.41, 5.74) is 2.30. The molecule has 2 aromatic heterocycles. The Balaban J connectivity index is 2.14. The van der Waals surface area contributed by atoms with E-state index >= 15 is 0 Å². The quantitative estimate of drug-likeness (QED) is 0.895. The molecule has 0 saturated heterocycles. The highest BCUT2D eigenvalue weighted by Gasteiger charge is 2.15. The van der Waals surface area contributed by atoms with E-state index < -0.39 is 5.97 Å². The van der Waals surface area contributed by atoms with Crippen molar-refractivity contribution in [3.8, 4) is 5.75 Å². The van der Waals surface area contributed by atoms with Crippen LogP contribution < -0.4 is 4.74 Å². The van der Waals surface area contributed by atoms with E-state index in [1.54, 1.807) is 6.07 Å². The van der Waals surface area contributed by atoms with Gasteiger partial charge < -0.3 is 14.3 Å². The van der Waals surface area contributed by atoms with Gasteiger partial charge in [-0.1, -0.05) is 6.92 Å². The molecule has 100 valence electrons. The van der Waals surface area contributed by atoms with Crippen LogP contribution >= 0.6 is 0 Å². The van der Waals surface area contributed by atoms with Crippen LogP contribution in [0.4, 0.5) is 0 Å². The minimum absolute atomic E-state index is 0.0851. The molecule has 0 aromatic carbocycles. The number of nitrogens with zero attached hydrogens (tertiary/aromatic N) is 1. The molecule has 2 aromatic rings. The zero-order valence-corrected chi connectivity index (χ0v) is 10.8. The average Bonchev–Trinajstić information content (AvgIpc) is 2.85. The minimum Gasteiger partial charge on any atom is -0.487 e. The number of ether oxygens (including phenoxy) is 1. The smallest absolute Gasteiger partial charge is 0.372 e. The summed E-state index contributed by atoms with van der Waals surface area (Å²) in [5.74, 6) is -0.509. The first-order chi connectivity index (χ1) is 9.11. The van der Waals surface area contributed by atoms with Gasteiger partial charge in [0.25, 0.3) is 0 Å². The molecule has 19 heavy (non-hydrogen) atoms. The number of carbonyl (C=O) groups is 1. The van der Waals surface area contributed by atoms with E-state index in [0.29, 0.717) is 11.3 Å². The van der Waals surface area contributed by atoms with Crippen molar-refractivity contribution in [2.24, 2.45) is 0 Å². The monoisotopic (exact) mass is 261 g/mol. The fourth-order valence-electron chi connectivity index (χ4n) is 1.77. The lowest BCUT2D eigenvalue weighted by Crippen LogP contribution is -2.04. The fourth-order valence-corrected chi connectivity index (χ4v) is 1.77. The van der Waals surface area contributed by atoms with Crippen LogP contribution in [0.2, 0.25) is 0 Å². The molecule has 0 unspecified atom stereocenters. The summed E-state index contributed by atoms with van der Waals surface area (Å²) >= 11 is 0. The molecular weight excluding hydrogens is 246 g/mol. The highest BCUT2D eigenvalue weighted by Crippen LogP contribution is 2.20. The summed E-state index contributed by atoms with van der Waals surface area (Å²) in [6, 6.07) is 5.31. The number of aromatic carboxylic acids is 1. The molecule has 2 heterocycles. The van der Waals surface area contributed by atoms with E-state index in [0.717, 1.165) is 17.8 Å². The van der Waals surface area contributed by atoms with E-state index in [1.165, 1.54) is 6.26 Å². The second-order valence-electron chi connectivity index (χ2n) is 4.12. The van der Waals surface area contributed by atoms with E-state index in [-0.39, 0.29) is 12.4 Å². The van der Waals surface area contributed by atoms with Crippen molar-refractivity contribution in [2.75, 3.05) is 0 Å². The maximum atomic E-state index is 10.9. The normalized spacial score (nSPS) is 10.4. The van der Waals surface area contributed by atoms with Gasteiger partial charge >= 0.3 is 5.97 Å². The number of carboxylic acid groups (broad SMARTS) is 1. The van der Waals surface area contributed by atoms with Crippen molar-refractivity contribution in [1.82, 2.24) is 4.98 Å². The second kappa shape index (κ2) is 5.56. The average molecular weight is 261 g/mol. The lowest BCUT2D eigenvalue weighted by Gasteiger charge is -2.09. The topological polar surface area (TPSA) is 72.6 Å². The van der Waals surface area contributed by atoms with E-state index in [1.807, 2.05) is 26.0 Å². The van der Waals surface area contributed by atoms with Crippen LogP contribution in [-0.2, 0) is 13.0 Å². The number of aromatic nitrogens is 1. The van der Waals surface area contributed by atoms with E-state index in [9.17, 15) is 4.79 Å². The van der Waals surface area contributed by atoms with Gasteiger partial charge in [0.2, 0.25) is 5.76 Å². The molecule has 5 nitrogen and oxygen atoms in total. The van der Waals surface area contributed by atoms with Crippen molar-refractivity contribution in [3.63, 3.8) is 0 Å². The Morgan fingerprint density at radius 3 is 2.89 bits per heavy atom. The molecule has 0 atom stereocenters. The van der Waals surface area contributed by atoms with Crippen LogP contribution in [0.1, 0.15) is 34.4 Å². The molecule has 0 fully saturated rings. The fraction of sp³-hybridized carbons (Fsp3) is 0.286. The Bertz CT molecular complexity index is 589. The van der Waals surface area contributed by atoms with Crippen molar-refractivity contribution >= 4 is 5.97 Å². The molecule has 2 rings (SSSR count). The molecule has 0 aliphatic carbocycles. The minimum atomic E-state index is -1.10. The van der Waals surface area contributed by atoms with Gasteiger partial charge in [0.15, 0.2) is 0 Å². The number of aryl methyl sites for hydroxylation is 2. The van der Waals surface area contributed by atoms with Gasteiger partial charge in [0, 0.05) is 11.3 Å². The van der Waals surface area contributed by atoms with Crippen molar-refractivity contribution in [3.05, 3.63) is 47.2 Å². The summed E-state index contributed by atoms with van der Waals surface area (Å²) < 4.78 is 10.5. The largest absolute Gasteiger partial charge is 0.487 e. The Morgan fingerprint density at radius 2 is 2.21 bits per heavy atom. The van der Waals surface area contributed by atoms with Crippen LogP contribution in [0.15, 0.2) is 28.9 Å². The first-order valence-electron chi connectivity index (χ1n) is 6.00. The zero-order valence-electron chi connectivity index (χ0n) is 10.8. The maximum absolute atomic E-state index is 10.9. The van der Waals surface area contributed by atoms with Crippen LogP contribution in [0.5, 0.6) is 5.75 Å². The molecule has 0 amide bonds. The van der Waals surface area contributed by atoms with Gasteiger partial charge in [-0.05, 0) is 31.5 Å². The third kappa shape index (κ3) is 2.93. The molecular formula is C14H15NO4. The zero-order chi connectivity index (χ0) is 13.8. The number of furan rings is 1. The SMILES string of the molecule is CCc1nc(C)ccc1OCc1ccoc1C(=O)O. The maximum Gasteiger partial charge on any atom is 0.372 e. The number of pyridine rings is 1. The van der Waals surface area contributed by atoms with Crippen LogP contribution in [0, 0.1) is 6.92 Å². The number of carboxylic acids is 1. The molecule has 1 N–H and O–H groups in total. The lowest BCUT2D eigenvalue weighted by molar-refractivity contribution is 0.0658. The summed E-state index contributed by atoms with van der Waals surface area (Å²) in [7, 11) is 0. The molecule has 0 spiro atoms. The highest BCUT2D eigenvalue weighted by atomic mass is 16.5. The first kappa shape index (κ1) is 13.1. The predicted molar refractivity (Wildman–Crippen MR) is 68.4 cm³/mol. The number of hydrogen-bond donors (Lipinski definition) is 1. The van der Waals surface area contributed by atoms with E-state index in [4.69, 9.17) is 14.3 Å². The third-order valence-electron chi connectivity index (χ3n) is 2.73. The van der Waals surface area contributed by atoms with Crippen LogP contribution in [0.3, 0.4) is 0 Å². The second-order valence-corrected chi connectivity index (χ2v) is 4.12. The van der Waals surface area contributed by atoms with Crippen molar-refractivity contribution < 1.29 is 19.1 Å². The first-order valence-corrected chi connectivity index (χ1v) is 6.00. The van der Waals surface area contributed by atoms with Gasteiger partial charge in [0.05, 0.1) is 12.0 Å². The van der Waals surface area contributed by atoms with Crippen molar-refractivity contribution in [2.45, 2.75) is 26.9 Å². The molecule has 0 saturated carbocycles. The lowest BCUT2D eigenvalue weighted by atomic mass is 10.2. The van der Waals surface area contributed by atoms with Crippen molar-refractivity contribution in [1.29, 1.82) is 0 Å². The standard InChI is InChI=1S/C14H15NO4/c1-3-11-12(5-4-9(2)15-11)19-8-10-6-7-18-13(10)14(16)17/h4-7H,3,8H2,1-2H3,(H,16,17). The Hall–Kier alpha value is -2.30. The molecule has 5 heteroatoms. The number of rotatable bonds is 5. The van der Waals surface area contributed by atoms with Gasteiger partial charge in [-0.2, -0.15) is 0 Å². The van der Waals surface area contributed by atoms with Gasteiger partial charge in [-0.3, -0.25) is 4.98 Å². The Labute approximate surface area is 110 Å². The molecule has 0 radical (unpaired) electrons. The number of hydrogen-bond acceptors (Lipinski definition) is 4. The predicted octanol–water partition coefficient (Wildman–Crippen LogP) is 2.82. The summed E-state index contributed by atoms with van der Waals surface area (Å²) in [5, 5.41) is 8.93. The van der Waals surface area contributed by atoms with Gasteiger partial charge in [-0.15, -0.1) is 0 Å². The molecule has 0 bridgehead atoms. The Kier molecular flexibility index (Phi) is 3.85.